The maximum atomic E-state index is 12.4. The van der Waals surface area contributed by atoms with Gasteiger partial charge in [0.05, 0.1) is 22.7 Å². The number of sulfonamides is 1. The average Bonchev–Trinajstić information content (AvgIpc) is 2.78. The molecule has 0 aliphatic rings. The smallest absolute Gasteiger partial charge is 0.241 e. The predicted octanol–water partition coefficient (Wildman–Crippen LogP) is 1.64. The molecule has 1 N–H and O–H groups in total. The molecule has 0 saturated heterocycles. The van der Waals surface area contributed by atoms with Crippen LogP contribution in [0.2, 0.25) is 0 Å². The van der Waals surface area contributed by atoms with Gasteiger partial charge in [0.2, 0.25) is 10.0 Å². The number of rotatable bonds is 4. The van der Waals surface area contributed by atoms with Crippen LogP contribution in [0.5, 0.6) is 0 Å². The Balaban J connectivity index is 2.29. The second-order valence-electron chi connectivity index (χ2n) is 4.79. The van der Waals surface area contributed by atoms with Crippen molar-refractivity contribution in [2.24, 2.45) is 7.05 Å². The number of aryl methyl sites for hydroxylation is 1. The Labute approximate surface area is 124 Å². The van der Waals surface area contributed by atoms with E-state index in [2.05, 4.69) is 9.82 Å². The van der Waals surface area contributed by atoms with Crippen LogP contribution in [0.4, 0.5) is 0 Å². The summed E-state index contributed by atoms with van der Waals surface area (Å²) in [6.07, 6.45) is 1.65. The summed E-state index contributed by atoms with van der Waals surface area (Å²) in [6, 6.07) is 7.45. The molecular formula is C14H16N4O2S. The van der Waals surface area contributed by atoms with Gasteiger partial charge in [-0.3, -0.25) is 4.68 Å². The Hall–Kier alpha value is -2.17. The van der Waals surface area contributed by atoms with Crippen LogP contribution in [0.1, 0.15) is 29.8 Å². The molecule has 0 spiro atoms. The highest BCUT2D eigenvalue weighted by Crippen LogP contribution is 2.19. The number of benzene rings is 1. The molecule has 2 rings (SSSR count). The molecule has 0 unspecified atom stereocenters. The average molecular weight is 304 g/mol. The monoisotopic (exact) mass is 304 g/mol. The van der Waals surface area contributed by atoms with Crippen molar-refractivity contribution >= 4 is 10.0 Å². The van der Waals surface area contributed by atoms with Gasteiger partial charge in [-0.2, -0.15) is 10.4 Å². The second-order valence-corrected chi connectivity index (χ2v) is 6.51. The number of nitrogens with zero attached hydrogens (tertiary/aromatic N) is 3. The Morgan fingerprint density at radius 2 is 2.14 bits per heavy atom. The van der Waals surface area contributed by atoms with Crippen molar-refractivity contribution < 1.29 is 8.42 Å². The first-order valence-electron chi connectivity index (χ1n) is 6.36. The molecule has 1 aromatic heterocycles. The van der Waals surface area contributed by atoms with Crippen LogP contribution in [0.25, 0.3) is 0 Å². The second kappa shape index (κ2) is 5.68. The minimum atomic E-state index is -3.69. The van der Waals surface area contributed by atoms with E-state index in [1.165, 1.54) is 12.1 Å². The van der Waals surface area contributed by atoms with E-state index in [0.29, 0.717) is 5.56 Å². The minimum Gasteiger partial charge on any atom is -0.273 e. The lowest BCUT2D eigenvalue weighted by Crippen LogP contribution is -2.27. The Bertz CT molecular complexity index is 803. The fourth-order valence-corrected chi connectivity index (χ4v) is 3.31. The number of nitrogens with one attached hydrogen (secondary N) is 1. The van der Waals surface area contributed by atoms with Gasteiger partial charge in [-0.15, -0.1) is 0 Å². The van der Waals surface area contributed by atoms with Gasteiger partial charge in [-0.05, 0) is 32.0 Å². The van der Waals surface area contributed by atoms with Crippen LogP contribution in [-0.2, 0) is 17.1 Å². The van der Waals surface area contributed by atoms with Crippen LogP contribution in [0.15, 0.2) is 35.4 Å². The Morgan fingerprint density at radius 1 is 1.43 bits per heavy atom. The highest BCUT2D eigenvalue weighted by atomic mass is 32.2. The van der Waals surface area contributed by atoms with Gasteiger partial charge in [-0.1, -0.05) is 6.07 Å². The lowest BCUT2D eigenvalue weighted by molar-refractivity contribution is 0.566. The van der Waals surface area contributed by atoms with Crippen LogP contribution in [-0.4, -0.2) is 18.2 Å². The number of aromatic nitrogens is 2. The number of hydrogen-bond acceptors (Lipinski definition) is 4. The van der Waals surface area contributed by atoms with Gasteiger partial charge in [0.1, 0.15) is 0 Å². The molecule has 0 aliphatic carbocycles. The summed E-state index contributed by atoms with van der Waals surface area (Å²) in [5, 5.41) is 13.0. The van der Waals surface area contributed by atoms with Crippen molar-refractivity contribution in [3.05, 3.63) is 47.3 Å². The SMILES string of the molecule is Cc1c([C@H](C)NS(=O)(=O)c2cccc(C#N)c2)cnn1C. The zero-order chi connectivity index (χ0) is 15.6. The highest BCUT2D eigenvalue weighted by Gasteiger charge is 2.21. The summed E-state index contributed by atoms with van der Waals surface area (Å²) >= 11 is 0. The molecule has 0 radical (unpaired) electrons. The zero-order valence-corrected chi connectivity index (χ0v) is 12.8. The van der Waals surface area contributed by atoms with Crippen LogP contribution in [0, 0.1) is 18.3 Å². The van der Waals surface area contributed by atoms with Crippen molar-refractivity contribution in [1.82, 2.24) is 14.5 Å². The van der Waals surface area contributed by atoms with Crippen LogP contribution in [0.3, 0.4) is 0 Å². The van der Waals surface area contributed by atoms with Crippen molar-refractivity contribution in [3.63, 3.8) is 0 Å². The summed E-state index contributed by atoms with van der Waals surface area (Å²) in [5.74, 6) is 0. The first kappa shape index (κ1) is 15.2. The lowest BCUT2D eigenvalue weighted by atomic mass is 10.1. The fraction of sp³-hybridized carbons (Fsp3) is 0.286. The van der Waals surface area contributed by atoms with Crippen molar-refractivity contribution in [3.8, 4) is 6.07 Å². The largest absolute Gasteiger partial charge is 0.273 e. The van der Waals surface area contributed by atoms with E-state index in [0.717, 1.165) is 11.3 Å². The van der Waals surface area contributed by atoms with E-state index in [-0.39, 0.29) is 4.90 Å². The van der Waals surface area contributed by atoms with E-state index in [1.54, 1.807) is 37.0 Å². The van der Waals surface area contributed by atoms with Crippen LogP contribution >= 0.6 is 0 Å². The summed E-state index contributed by atoms with van der Waals surface area (Å²) in [5.41, 5.74) is 2.02. The van der Waals surface area contributed by atoms with Gasteiger partial charge in [0.15, 0.2) is 0 Å². The van der Waals surface area contributed by atoms with E-state index in [4.69, 9.17) is 5.26 Å². The molecule has 0 amide bonds. The normalized spacial score (nSPS) is 12.9. The molecule has 0 saturated carbocycles. The predicted molar refractivity (Wildman–Crippen MR) is 77.8 cm³/mol. The molecule has 1 atom stereocenters. The zero-order valence-electron chi connectivity index (χ0n) is 12.0. The Kier molecular flexibility index (Phi) is 4.11. The molecule has 1 heterocycles. The lowest BCUT2D eigenvalue weighted by Gasteiger charge is -2.14. The molecule has 21 heavy (non-hydrogen) atoms. The summed E-state index contributed by atoms with van der Waals surface area (Å²) < 4.78 is 29.0. The van der Waals surface area contributed by atoms with Gasteiger partial charge in [0.25, 0.3) is 0 Å². The number of nitriles is 1. The maximum Gasteiger partial charge on any atom is 0.241 e. The molecule has 0 fully saturated rings. The molecule has 0 bridgehead atoms. The molecule has 2 aromatic rings. The highest BCUT2D eigenvalue weighted by molar-refractivity contribution is 7.89. The third kappa shape index (κ3) is 3.12. The minimum absolute atomic E-state index is 0.0787. The maximum absolute atomic E-state index is 12.4. The molecule has 7 heteroatoms. The quantitative estimate of drug-likeness (QED) is 0.930. The van der Waals surface area contributed by atoms with Crippen molar-refractivity contribution in [1.29, 1.82) is 5.26 Å². The van der Waals surface area contributed by atoms with E-state index in [1.807, 2.05) is 13.0 Å². The first-order chi connectivity index (χ1) is 9.85. The molecule has 6 nitrogen and oxygen atoms in total. The molecular weight excluding hydrogens is 288 g/mol. The fourth-order valence-electron chi connectivity index (χ4n) is 2.04. The number of hydrogen-bond donors (Lipinski definition) is 1. The summed E-state index contributed by atoms with van der Waals surface area (Å²) in [4.78, 5) is 0.0787. The van der Waals surface area contributed by atoms with Crippen LogP contribution < -0.4 is 4.72 Å². The summed E-state index contributed by atoms with van der Waals surface area (Å²) in [6.45, 7) is 3.64. The molecule has 110 valence electrons. The van der Waals surface area contributed by atoms with Gasteiger partial charge in [0, 0.05) is 24.3 Å². The third-order valence-electron chi connectivity index (χ3n) is 3.35. The Morgan fingerprint density at radius 3 is 2.71 bits per heavy atom. The topological polar surface area (TPSA) is 87.8 Å². The van der Waals surface area contributed by atoms with Gasteiger partial charge >= 0.3 is 0 Å². The summed E-state index contributed by atoms with van der Waals surface area (Å²) in [7, 11) is -1.88. The van der Waals surface area contributed by atoms with Gasteiger partial charge in [-0.25, -0.2) is 13.1 Å². The molecule has 0 aliphatic heterocycles. The van der Waals surface area contributed by atoms with E-state index >= 15 is 0 Å². The third-order valence-corrected chi connectivity index (χ3v) is 4.88. The molecule has 1 aromatic carbocycles. The van der Waals surface area contributed by atoms with Gasteiger partial charge < -0.3 is 0 Å². The van der Waals surface area contributed by atoms with E-state index in [9.17, 15) is 8.42 Å². The van der Waals surface area contributed by atoms with Crippen molar-refractivity contribution in [2.75, 3.05) is 0 Å². The van der Waals surface area contributed by atoms with E-state index < -0.39 is 16.1 Å². The first-order valence-corrected chi connectivity index (χ1v) is 7.84. The standard InChI is InChI=1S/C14H16N4O2S/c1-10(14-9-16-18(3)11(14)2)17-21(19,20)13-6-4-5-12(7-13)8-15/h4-7,9-10,17H,1-3H3/t10-/m0/s1. The van der Waals surface area contributed by atoms with Crippen molar-refractivity contribution in [2.45, 2.75) is 24.8 Å².